The van der Waals surface area contributed by atoms with Gasteiger partial charge in [0.05, 0.1) is 6.54 Å². The Labute approximate surface area is 148 Å². The van der Waals surface area contributed by atoms with Gasteiger partial charge >= 0.3 is 0 Å². The molecule has 2 amide bonds. The summed E-state index contributed by atoms with van der Waals surface area (Å²) in [5, 5.41) is 2.94. The number of para-hydroxylation sites is 1. The van der Waals surface area contributed by atoms with E-state index in [-0.39, 0.29) is 17.7 Å². The van der Waals surface area contributed by atoms with Crippen LogP contribution in [0.2, 0.25) is 0 Å². The third kappa shape index (κ3) is 3.67. The lowest BCUT2D eigenvalue weighted by atomic mass is 9.76. The van der Waals surface area contributed by atoms with Crippen molar-refractivity contribution in [1.29, 1.82) is 0 Å². The van der Waals surface area contributed by atoms with Gasteiger partial charge in [-0.05, 0) is 44.7 Å². The van der Waals surface area contributed by atoms with E-state index in [1.807, 2.05) is 37.3 Å². The van der Waals surface area contributed by atoms with Crippen LogP contribution in [-0.2, 0) is 9.59 Å². The summed E-state index contributed by atoms with van der Waals surface area (Å²) in [6.45, 7) is 2.78. The molecule has 1 aromatic carbocycles. The molecule has 1 saturated carbocycles. The maximum Gasteiger partial charge on any atom is 0.255 e. The number of carbonyl (C=O) groups is 2. The van der Waals surface area contributed by atoms with Gasteiger partial charge in [0.15, 0.2) is 0 Å². The van der Waals surface area contributed by atoms with Crippen LogP contribution >= 0.6 is 0 Å². The quantitative estimate of drug-likeness (QED) is 0.831. The van der Waals surface area contributed by atoms with Gasteiger partial charge in [-0.15, -0.1) is 0 Å². The molecule has 1 aliphatic carbocycles. The van der Waals surface area contributed by atoms with Crippen molar-refractivity contribution in [2.75, 3.05) is 20.2 Å². The first-order chi connectivity index (χ1) is 12.0. The molecule has 3 rings (SSSR count). The van der Waals surface area contributed by atoms with E-state index in [1.54, 1.807) is 11.9 Å². The lowest BCUT2D eigenvalue weighted by Gasteiger charge is -2.32. The van der Waals surface area contributed by atoms with Gasteiger partial charge < -0.3 is 15.0 Å². The van der Waals surface area contributed by atoms with Gasteiger partial charge in [-0.25, -0.2) is 0 Å². The van der Waals surface area contributed by atoms with Gasteiger partial charge in [0, 0.05) is 13.0 Å². The van der Waals surface area contributed by atoms with Crippen LogP contribution in [0.25, 0.3) is 0 Å². The summed E-state index contributed by atoms with van der Waals surface area (Å²) in [4.78, 5) is 30.9. The molecule has 0 aromatic heterocycles. The van der Waals surface area contributed by atoms with Crippen LogP contribution in [-0.4, -0.2) is 48.3 Å². The Morgan fingerprint density at radius 2 is 2.00 bits per heavy atom. The zero-order valence-corrected chi connectivity index (χ0v) is 14.8. The molecular formula is C19H25N3O3. The highest BCUT2D eigenvalue weighted by atomic mass is 16.5. The van der Waals surface area contributed by atoms with Crippen molar-refractivity contribution in [3.8, 4) is 5.75 Å². The number of amides is 2. The number of nitrogens with one attached hydrogen (secondary N) is 1. The second-order valence-corrected chi connectivity index (χ2v) is 6.78. The Morgan fingerprint density at radius 1 is 1.32 bits per heavy atom. The number of ether oxygens (including phenoxy) is 1. The topological polar surface area (TPSA) is 71.0 Å². The molecule has 1 aliphatic heterocycles. The van der Waals surface area contributed by atoms with Crippen LogP contribution in [0, 0.1) is 5.92 Å². The molecule has 1 fully saturated rings. The summed E-state index contributed by atoms with van der Waals surface area (Å²) in [5.41, 5.74) is -0.619. The van der Waals surface area contributed by atoms with E-state index in [9.17, 15) is 9.59 Å². The molecule has 6 heteroatoms. The molecular weight excluding hydrogens is 318 g/mol. The maximum absolute atomic E-state index is 12.4. The van der Waals surface area contributed by atoms with E-state index in [0.717, 1.165) is 11.6 Å². The van der Waals surface area contributed by atoms with Crippen molar-refractivity contribution in [2.24, 2.45) is 10.9 Å². The van der Waals surface area contributed by atoms with Crippen molar-refractivity contribution in [1.82, 2.24) is 10.2 Å². The van der Waals surface area contributed by atoms with Crippen molar-refractivity contribution >= 4 is 17.6 Å². The maximum atomic E-state index is 12.4. The summed E-state index contributed by atoms with van der Waals surface area (Å²) >= 11 is 0. The van der Waals surface area contributed by atoms with Crippen molar-refractivity contribution in [2.45, 2.75) is 38.1 Å². The fourth-order valence-corrected chi connectivity index (χ4v) is 3.58. The van der Waals surface area contributed by atoms with Crippen LogP contribution in [0.1, 0.15) is 32.6 Å². The number of benzene rings is 1. The van der Waals surface area contributed by atoms with Gasteiger partial charge in [0.25, 0.3) is 5.91 Å². The van der Waals surface area contributed by atoms with E-state index >= 15 is 0 Å². The number of likely N-dealkylation sites (N-methyl/N-ethyl adjacent to an activating group) is 1. The first-order valence-corrected chi connectivity index (χ1v) is 8.82. The highest BCUT2D eigenvalue weighted by molar-refractivity contribution is 6.07. The summed E-state index contributed by atoms with van der Waals surface area (Å²) < 4.78 is 5.57. The Balaban J connectivity index is 1.42. The zero-order chi connectivity index (χ0) is 17.9. The Morgan fingerprint density at radius 3 is 2.60 bits per heavy atom. The number of hydrogen-bond donors (Lipinski definition) is 1. The summed E-state index contributed by atoms with van der Waals surface area (Å²) in [7, 11) is 1.77. The monoisotopic (exact) mass is 343 g/mol. The Bertz CT molecular complexity index is 664. The Hall–Kier alpha value is -2.37. The summed E-state index contributed by atoms with van der Waals surface area (Å²) in [5.74, 6) is 1.64. The molecule has 1 spiro atoms. The molecule has 0 unspecified atom stereocenters. The van der Waals surface area contributed by atoms with Gasteiger partial charge in [0.2, 0.25) is 5.91 Å². The summed E-state index contributed by atoms with van der Waals surface area (Å²) in [6, 6.07) is 9.54. The predicted molar refractivity (Wildman–Crippen MR) is 95.5 cm³/mol. The first-order valence-electron chi connectivity index (χ1n) is 8.82. The minimum atomic E-state index is -0.619. The second-order valence-electron chi connectivity index (χ2n) is 6.78. The van der Waals surface area contributed by atoms with Crippen LogP contribution in [0.5, 0.6) is 5.75 Å². The predicted octanol–water partition coefficient (Wildman–Crippen LogP) is 2.00. The largest absolute Gasteiger partial charge is 0.492 e. The van der Waals surface area contributed by atoms with Gasteiger partial charge in [-0.3, -0.25) is 14.6 Å². The van der Waals surface area contributed by atoms with E-state index < -0.39 is 5.54 Å². The zero-order valence-electron chi connectivity index (χ0n) is 14.8. The SMILES string of the molecule is CC1=NC2(CCC(C(=O)NCCOc3ccccc3)CC2)C(=O)N1C. The first kappa shape index (κ1) is 17.5. The molecule has 134 valence electrons. The lowest BCUT2D eigenvalue weighted by Crippen LogP contribution is -2.45. The normalized spacial score (nSPS) is 25.8. The van der Waals surface area contributed by atoms with Crippen molar-refractivity contribution in [3.63, 3.8) is 0 Å². The number of hydrogen-bond acceptors (Lipinski definition) is 4. The average Bonchev–Trinajstić information content (AvgIpc) is 2.84. The third-order valence-corrected chi connectivity index (χ3v) is 5.16. The summed E-state index contributed by atoms with van der Waals surface area (Å²) in [6.07, 6.45) is 2.68. The highest BCUT2D eigenvalue weighted by Gasteiger charge is 2.48. The minimum Gasteiger partial charge on any atom is -0.492 e. The van der Waals surface area contributed by atoms with E-state index in [4.69, 9.17) is 4.74 Å². The number of carbonyl (C=O) groups excluding carboxylic acids is 2. The van der Waals surface area contributed by atoms with Gasteiger partial charge in [-0.2, -0.15) is 0 Å². The molecule has 1 aromatic rings. The van der Waals surface area contributed by atoms with E-state index in [2.05, 4.69) is 10.3 Å². The van der Waals surface area contributed by atoms with Crippen molar-refractivity contribution in [3.05, 3.63) is 30.3 Å². The number of amidine groups is 1. The fraction of sp³-hybridized carbons (Fsp3) is 0.526. The minimum absolute atomic E-state index is 0.0448. The van der Waals surface area contributed by atoms with Gasteiger partial charge in [-0.1, -0.05) is 18.2 Å². The highest BCUT2D eigenvalue weighted by Crippen LogP contribution is 2.39. The Kier molecular flexibility index (Phi) is 5.06. The van der Waals surface area contributed by atoms with E-state index in [1.165, 1.54) is 0 Å². The van der Waals surface area contributed by atoms with Crippen LogP contribution in [0.15, 0.2) is 35.3 Å². The number of nitrogens with zero attached hydrogens (tertiary/aromatic N) is 2. The molecule has 2 aliphatic rings. The average molecular weight is 343 g/mol. The molecule has 6 nitrogen and oxygen atoms in total. The van der Waals surface area contributed by atoms with Crippen molar-refractivity contribution < 1.29 is 14.3 Å². The van der Waals surface area contributed by atoms with Crippen LogP contribution < -0.4 is 10.1 Å². The second kappa shape index (κ2) is 7.25. The fourth-order valence-electron chi connectivity index (χ4n) is 3.58. The lowest BCUT2D eigenvalue weighted by molar-refractivity contribution is -0.134. The molecule has 0 radical (unpaired) electrons. The van der Waals surface area contributed by atoms with Gasteiger partial charge in [0.1, 0.15) is 23.7 Å². The molecule has 1 heterocycles. The van der Waals surface area contributed by atoms with Crippen LogP contribution in [0.4, 0.5) is 0 Å². The number of aliphatic imine (C=N–C) groups is 1. The van der Waals surface area contributed by atoms with E-state index in [0.29, 0.717) is 38.8 Å². The molecule has 0 atom stereocenters. The molecule has 25 heavy (non-hydrogen) atoms. The molecule has 0 saturated heterocycles. The molecule has 1 N–H and O–H groups in total. The smallest absolute Gasteiger partial charge is 0.255 e. The molecule has 0 bridgehead atoms. The van der Waals surface area contributed by atoms with Crippen LogP contribution in [0.3, 0.4) is 0 Å². The third-order valence-electron chi connectivity index (χ3n) is 5.16. The standard InChI is InChI=1S/C19H25N3O3/c1-14-21-19(18(24)22(14)2)10-8-15(9-11-19)17(23)20-12-13-25-16-6-4-3-5-7-16/h3-7,15H,8-13H2,1-2H3,(H,20,23). The number of rotatable bonds is 5.